The van der Waals surface area contributed by atoms with Crippen molar-refractivity contribution in [1.82, 2.24) is 14.6 Å². The van der Waals surface area contributed by atoms with E-state index >= 15 is 0 Å². The Hall–Kier alpha value is -1.81. The van der Waals surface area contributed by atoms with E-state index in [0.717, 1.165) is 23.4 Å². The first-order chi connectivity index (χ1) is 11.7. The number of hydrogen-bond donors (Lipinski definition) is 1. The third-order valence-electron chi connectivity index (χ3n) is 6.45. The van der Waals surface area contributed by atoms with E-state index in [1.54, 1.807) is 0 Å². The monoisotopic (exact) mass is 323 g/mol. The van der Waals surface area contributed by atoms with Crippen molar-refractivity contribution in [2.75, 3.05) is 19.6 Å². The van der Waals surface area contributed by atoms with Gasteiger partial charge in [-0.25, -0.2) is 0 Å². The number of hydrogen-bond acceptors (Lipinski definition) is 2. The molecule has 3 saturated heterocycles. The Morgan fingerprint density at radius 3 is 2.71 bits per heavy atom. The summed E-state index contributed by atoms with van der Waals surface area (Å²) in [5.41, 5.74) is 3.06. The summed E-state index contributed by atoms with van der Waals surface area (Å²) < 4.78 is 2.15. The number of piperidine rings is 3. The van der Waals surface area contributed by atoms with E-state index in [1.165, 1.54) is 38.2 Å². The van der Waals surface area contributed by atoms with Gasteiger partial charge in [0.1, 0.15) is 0 Å². The van der Waals surface area contributed by atoms with Crippen LogP contribution in [0.1, 0.15) is 35.8 Å². The summed E-state index contributed by atoms with van der Waals surface area (Å²) >= 11 is 0. The Morgan fingerprint density at radius 2 is 2.00 bits per heavy atom. The van der Waals surface area contributed by atoms with Crippen LogP contribution < -0.4 is 5.32 Å². The maximum Gasteiger partial charge on any atom is 0.253 e. The fraction of sp³-hybridized carbons (Fsp3) is 0.550. The van der Waals surface area contributed by atoms with Crippen LogP contribution in [-0.4, -0.2) is 40.9 Å². The average molecular weight is 323 g/mol. The van der Waals surface area contributed by atoms with E-state index in [0.29, 0.717) is 17.9 Å². The SMILES string of the molecule is CCc1cc(C(=O)NC2C3CC4CC2CN(C4)C3)c2ccccn12. The van der Waals surface area contributed by atoms with Crippen LogP contribution in [0.2, 0.25) is 0 Å². The molecule has 4 aliphatic rings. The number of nitrogens with zero attached hydrogens (tertiary/aromatic N) is 2. The van der Waals surface area contributed by atoms with Gasteiger partial charge < -0.3 is 14.6 Å². The van der Waals surface area contributed by atoms with Gasteiger partial charge in [0.2, 0.25) is 0 Å². The van der Waals surface area contributed by atoms with Crippen molar-refractivity contribution in [2.45, 2.75) is 32.2 Å². The van der Waals surface area contributed by atoms with E-state index in [-0.39, 0.29) is 5.91 Å². The second-order valence-corrected chi connectivity index (χ2v) is 7.93. The lowest BCUT2D eigenvalue weighted by atomic mass is 9.65. The molecule has 2 atom stereocenters. The van der Waals surface area contributed by atoms with Gasteiger partial charge in [-0.05, 0) is 55.2 Å². The highest BCUT2D eigenvalue weighted by atomic mass is 16.1. The van der Waals surface area contributed by atoms with Gasteiger partial charge in [0, 0.05) is 37.6 Å². The van der Waals surface area contributed by atoms with Crippen LogP contribution in [0.25, 0.3) is 5.52 Å². The highest BCUT2D eigenvalue weighted by molar-refractivity contribution is 6.01. The second-order valence-electron chi connectivity index (χ2n) is 7.93. The summed E-state index contributed by atoms with van der Waals surface area (Å²) in [6.07, 6.45) is 5.59. The molecular weight excluding hydrogens is 298 g/mol. The van der Waals surface area contributed by atoms with Gasteiger partial charge in [0.05, 0.1) is 11.1 Å². The molecule has 5 heterocycles. The van der Waals surface area contributed by atoms with Crippen LogP contribution >= 0.6 is 0 Å². The van der Waals surface area contributed by atoms with Crippen molar-refractivity contribution in [1.29, 1.82) is 0 Å². The van der Waals surface area contributed by atoms with E-state index in [1.807, 2.05) is 12.1 Å². The Kier molecular flexibility index (Phi) is 3.24. The molecule has 1 aliphatic carbocycles. The summed E-state index contributed by atoms with van der Waals surface area (Å²) in [5, 5.41) is 3.43. The highest BCUT2D eigenvalue weighted by Gasteiger charge is 2.47. The van der Waals surface area contributed by atoms with E-state index in [9.17, 15) is 4.79 Å². The third kappa shape index (κ3) is 2.12. The summed E-state index contributed by atoms with van der Waals surface area (Å²) in [7, 11) is 0. The smallest absolute Gasteiger partial charge is 0.253 e. The summed E-state index contributed by atoms with van der Waals surface area (Å²) in [5.74, 6) is 2.29. The molecule has 4 bridgehead atoms. The van der Waals surface area contributed by atoms with Gasteiger partial charge in [-0.2, -0.15) is 0 Å². The largest absolute Gasteiger partial charge is 0.349 e. The minimum absolute atomic E-state index is 0.117. The van der Waals surface area contributed by atoms with Crippen molar-refractivity contribution < 1.29 is 4.79 Å². The van der Waals surface area contributed by atoms with Gasteiger partial charge in [0.25, 0.3) is 5.91 Å². The van der Waals surface area contributed by atoms with Crippen molar-refractivity contribution in [3.05, 3.63) is 41.7 Å². The lowest BCUT2D eigenvalue weighted by Gasteiger charge is -2.55. The molecule has 1 saturated carbocycles. The molecule has 126 valence electrons. The first-order valence-corrected chi connectivity index (χ1v) is 9.35. The number of pyridine rings is 1. The third-order valence-corrected chi connectivity index (χ3v) is 6.45. The number of carbonyl (C=O) groups excluding carboxylic acids is 1. The van der Waals surface area contributed by atoms with Crippen LogP contribution in [0, 0.1) is 17.8 Å². The molecule has 2 aromatic heterocycles. The molecule has 1 amide bonds. The zero-order chi connectivity index (χ0) is 16.3. The van der Waals surface area contributed by atoms with E-state index < -0.39 is 0 Å². The minimum Gasteiger partial charge on any atom is -0.349 e. The normalized spacial score (nSPS) is 34.0. The molecule has 4 nitrogen and oxygen atoms in total. The molecular formula is C20H25N3O. The maximum atomic E-state index is 13.0. The predicted molar refractivity (Wildman–Crippen MR) is 94.2 cm³/mol. The first-order valence-electron chi connectivity index (χ1n) is 9.35. The summed E-state index contributed by atoms with van der Waals surface area (Å²) in [4.78, 5) is 15.7. The van der Waals surface area contributed by atoms with E-state index in [4.69, 9.17) is 0 Å². The topological polar surface area (TPSA) is 36.8 Å². The van der Waals surface area contributed by atoms with Crippen molar-refractivity contribution in [3.63, 3.8) is 0 Å². The molecule has 1 N–H and O–H groups in total. The molecule has 4 fully saturated rings. The van der Waals surface area contributed by atoms with Crippen molar-refractivity contribution in [2.24, 2.45) is 17.8 Å². The second kappa shape index (κ2) is 5.35. The number of aromatic nitrogens is 1. The molecule has 0 aromatic carbocycles. The summed E-state index contributed by atoms with van der Waals surface area (Å²) in [6, 6.07) is 8.54. The highest BCUT2D eigenvalue weighted by Crippen LogP contribution is 2.43. The molecule has 2 aromatic rings. The number of rotatable bonds is 3. The van der Waals surface area contributed by atoms with Crippen LogP contribution in [0.5, 0.6) is 0 Å². The first kappa shape index (κ1) is 14.5. The van der Waals surface area contributed by atoms with Gasteiger partial charge in [-0.3, -0.25) is 4.79 Å². The Labute approximate surface area is 142 Å². The van der Waals surface area contributed by atoms with E-state index in [2.05, 4.69) is 39.9 Å². The minimum atomic E-state index is 0.117. The van der Waals surface area contributed by atoms with Crippen molar-refractivity contribution in [3.8, 4) is 0 Å². The lowest BCUT2D eigenvalue weighted by molar-refractivity contribution is -0.0418. The van der Waals surface area contributed by atoms with Gasteiger partial charge in [-0.1, -0.05) is 13.0 Å². The zero-order valence-corrected chi connectivity index (χ0v) is 14.2. The van der Waals surface area contributed by atoms with Gasteiger partial charge in [0.15, 0.2) is 0 Å². The van der Waals surface area contributed by atoms with Crippen LogP contribution in [0.15, 0.2) is 30.5 Å². The average Bonchev–Trinajstić information content (AvgIpc) is 2.96. The predicted octanol–water partition coefficient (Wildman–Crippen LogP) is 2.57. The standard InChI is InChI=1S/C20H25N3O/c1-2-16-9-17(18-5-3-4-6-23(16)18)20(24)21-19-14-7-13-8-15(19)12-22(10-13)11-14/h3-6,9,13-15,19H,2,7-8,10-12H2,1H3,(H,21,24). The Morgan fingerprint density at radius 1 is 1.21 bits per heavy atom. The number of amides is 1. The van der Waals surface area contributed by atoms with Crippen molar-refractivity contribution >= 4 is 11.4 Å². The molecule has 3 aliphatic heterocycles. The van der Waals surface area contributed by atoms with Crippen LogP contribution in [-0.2, 0) is 6.42 Å². The number of nitrogens with one attached hydrogen (secondary N) is 1. The Bertz CT molecular complexity index is 765. The Balaban J connectivity index is 1.43. The number of fused-ring (bicyclic) bond motifs is 1. The van der Waals surface area contributed by atoms with Crippen LogP contribution in [0.3, 0.4) is 0 Å². The number of aryl methyl sites for hydroxylation is 1. The fourth-order valence-corrected chi connectivity index (χ4v) is 5.55. The molecule has 24 heavy (non-hydrogen) atoms. The van der Waals surface area contributed by atoms with Gasteiger partial charge >= 0.3 is 0 Å². The fourth-order valence-electron chi connectivity index (χ4n) is 5.55. The van der Waals surface area contributed by atoms with Gasteiger partial charge in [-0.15, -0.1) is 0 Å². The zero-order valence-electron chi connectivity index (χ0n) is 14.2. The molecule has 0 spiro atoms. The molecule has 0 radical (unpaired) electrons. The quantitative estimate of drug-likeness (QED) is 0.942. The number of carbonyl (C=O) groups is 1. The molecule has 6 rings (SSSR count). The van der Waals surface area contributed by atoms with Crippen LogP contribution in [0.4, 0.5) is 0 Å². The summed E-state index contributed by atoms with van der Waals surface area (Å²) in [6.45, 7) is 5.78. The lowest BCUT2D eigenvalue weighted by Crippen LogP contribution is -2.64. The molecule has 2 unspecified atom stereocenters. The molecule has 4 heteroatoms. The maximum absolute atomic E-state index is 13.0.